The van der Waals surface area contributed by atoms with Crippen molar-refractivity contribution in [2.24, 2.45) is 0 Å². The highest BCUT2D eigenvalue weighted by Gasteiger charge is 2.33. The molecule has 0 saturated carbocycles. The fourth-order valence-corrected chi connectivity index (χ4v) is 4.30. The molecule has 0 bridgehead atoms. The predicted molar refractivity (Wildman–Crippen MR) is 104 cm³/mol. The van der Waals surface area contributed by atoms with Crippen molar-refractivity contribution < 1.29 is 9.53 Å². The number of carbonyl (C=O) groups is 1. The minimum Gasteiger partial charge on any atom is -0.460 e. The highest BCUT2D eigenvalue weighted by Crippen LogP contribution is 2.29. The van der Waals surface area contributed by atoms with Crippen molar-refractivity contribution in [1.29, 1.82) is 0 Å². The Balaban J connectivity index is 1.49. The molecule has 2 aromatic carbocycles. The number of nitrogens with zero attached hydrogens (tertiary/aromatic N) is 1. The third-order valence-corrected chi connectivity index (χ3v) is 5.74. The lowest BCUT2D eigenvalue weighted by Crippen LogP contribution is -2.45. The summed E-state index contributed by atoms with van der Waals surface area (Å²) in [7, 11) is 0. The van der Waals surface area contributed by atoms with E-state index in [1.54, 1.807) is 11.3 Å². The summed E-state index contributed by atoms with van der Waals surface area (Å²) in [6.45, 7) is 1.87. The molecule has 0 spiro atoms. The molecule has 2 heterocycles. The van der Waals surface area contributed by atoms with Crippen LogP contribution < -0.4 is 0 Å². The molecule has 132 valence electrons. The molecular weight excluding hydrogens is 342 g/mol. The maximum Gasteiger partial charge on any atom is 0.324 e. The molecule has 0 fully saturated rings. The third kappa shape index (κ3) is 3.87. The number of thiophene rings is 1. The summed E-state index contributed by atoms with van der Waals surface area (Å²) in [5, 5.41) is 2.11. The van der Waals surface area contributed by atoms with Gasteiger partial charge in [-0.2, -0.15) is 0 Å². The van der Waals surface area contributed by atoms with Crippen LogP contribution in [0.25, 0.3) is 0 Å². The lowest BCUT2D eigenvalue weighted by molar-refractivity contribution is -0.152. The highest BCUT2D eigenvalue weighted by atomic mass is 32.1. The van der Waals surface area contributed by atoms with Crippen molar-refractivity contribution >= 4 is 17.3 Å². The lowest BCUT2D eigenvalue weighted by Gasteiger charge is -2.34. The van der Waals surface area contributed by atoms with Crippen LogP contribution in [-0.2, 0) is 35.6 Å². The molecule has 4 heteroatoms. The molecule has 26 heavy (non-hydrogen) atoms. The molecule has 1 aliphatic heterocycles. The molecule has 1 aliphatic rings. The van der Waals surface area contributed by atoms with Gasteiger partial charge in [0.25, 0.3) is 0 Å². The number of benzene rings is 2. The Kier molecular flexibility index (Phi) is 5.14. The molecule has 4 rings (SSSR count). The number of carbonyl (C=O) groups excluding carboxylic acids is 1. The topological polar surface area (TPSA) is 29.5 Å². The normalized spacial score (nSPS) is 16.8. The SMILES string of the molecule is O=C(OCc1ccccc1)C1Cc2sccc2CN1Cc1ccccc1. The maximum absolute atomic E-state index is 12.8. The molecule has 3 nitrogen and oxygen atoms in total. The first-order chi connectivity index (χ1) is 12.8. The number of fused-ring (bicyclic) bond motifs is 1. The summed E-state index contributed by atoms with van der Waals surface area (Å²) < 4.78 is 5.65. The van der Waals surface area contributed by atoms with Gasteiger partial charge in [-0.05, 0) is 28.1 Å². The first-order valence-electron chi connectivity index (χ1n) is 8.83. The average Bonchev–Trinajstić information content (AvgIpc) is 3.14. The van der Waals surface area contributed by atoms with Crippen molar-refractivity contribution in [3.63, 3.8) is 0 Å². The van der Waals surface area contributed by atoms with Gasteiger partial charge in [-0.3, -0.25) is 9.69 Å². The van der Waals surface area contributed by atoms with E-state index in [4.69, 9.17) is 4.74 Å². The van der Waals surface area contributed by atoms with Gasteiger partial charge < -0.3 is 4.74 Å². The van der Waals surface area contributed by atoms with E-state index in [0.717, 1.165) is 25.1 Å². The Labute approximate surface area is 157 Å². The summed E-state index contributed by atoms with van der Waals surface area (Å²) in [5.41, 5.74) is 3.56. The van der Waals surface area contributed by atoms with Crippen molar-refractivity contribution in [3.8, 4) is 0 Å². The summed E-state index contributed by atoms with van der Waals surface area (Å²) in [4.78, 5) is 16.4. The first-order valence-corrected chi connectivity index (χ1v) is 9.71. The van der Waals surface area contributed by atoms with Crippen molar-refractivity contribution in [3.05, 3.63) is 93.7 Å². The molecule has 0 radical (unpaired) electrons. The molecule has 1 aromatic heterocycles. The van der Waals surface area contributed by atoms with Crippen LogP contribution in [0.15, 0.2) is 72.1 Å². The maximum atomic E-state index is 12.8. The van der Waals surface area contributed by atoms with Gasteiger partial charge in [0, 0.05) is 24.4 Å². The van der Waals surface area contributed by atoms with Gasteiger partial charge in [0.2, 0.25) is 0 Å². The summed E-state index contributed by atoms with van der Waals surface area (Å²) in [5.74, 6) is -0.135. The van der Waals surface area contributed by atoms with E-state index in [2.05, 4.69) is 28.5 Å². The van der Waals surface area contributed by atoms with Gasteiger partial charge in [-0.1, -0.05) is 60.7 Å². The predicted octanol–water partition coefficient (Wildman–Crippen LogP) is 4.42. The van der Waals surface area contributed by atoms with Crippen LogP contribution in [0.3, 0.4) is 0 Å². The van der Waals surface area contributed by atoms with Gasteiger partial charge in [0.05, 0.1) is 0 Å². The summed E-state index contributed by atoms with van der Waals surface area (Å²) in [6, 6.07) is 22.1. The Morgan fingerprint density at radius 3 is 2.42 bits per heavy atom. The molecule has 0 N–H and O–H groups in total. The third-order valence-electron chi connectivity index (χ3n) is 4.76. The lowest BCUT2D eigenvalue weighted by atomic mass is 10.0. The summed E-state index contributed by atoms with van der Waals surface area (Å²) >= 11 is 1.73. The number of rotatable bonds is 5. The van der Waals surface area contributed by atoms with E-state index in [9.17, 15) is 4.79 Å². The second-order valence-corrected chi connectivity index (χ2v) is 7.57. The molecule has 0 saturated heterocycles. The molecule has 3 aromatic rings. The van der Waals surface area contributed by atoms with E-state index < -0.39 is 0 Å². The van der Waals surface area contributed by atoms with Gasteiger partial charge in [0.15, 0.2) is 0 Å². The van der Waals surface area contributed by atoms with Crippen molar-refractivity contribution in [2.75, 3.05) is 0 Å². The standard InChI is InChI=1S/C22H21NO2S/c24-22(25-16-18-9-5-2-6-10-18)20-13-21-19(11-12-26-21)15-23(20)14-17-7-3-1-4-8-17/h1-12,20H,13-16H2. The van der Waals surface area contributed by atoms with Crippen LogP contribution in [0, 0.1) is 0 Å². The van der Waals surface area contributed by atoms with E-state index >= 15 is 0 Å². The first kappa shape index (κ1) is 17.0. The average molecular weight is 363 g/mol. The number of hydrogen-bond donors (Lipinski definition) is 0. The zero-order chi connectivity index (χ0) is 17.8. The Hall–Kier alpha value is -2.43. The van der Waals surface area contributed by atoms with Crippen LogP contribution >= 0.6 is 11.3 Å². The second-order valence-electron chi connectivity index (χ2n) is 6.57. The Morgan fingerprint density at radius 2 is 1.69 bits per heavy atom. The van der Waals surface area contributed by atoms with Crippen LogP contribution in [0.5, 0.6) is 0 Å². The molecule has 0 amide bonds. The molecular formula is C22H21NO2S. The highest BCUT2D eigenvalue weighted by molar-refractivity contribution is 7.10. The van der Waals surface area contributed by atoms with E-state index in [1.165, 1.54) is 16.0 Å². The van der Waals surface area contributed by atoms with Crippen molar-refractivity contribution in [2.45, 2.75) is 32.2 Å². The zero-order valence-corrected chi connectivity index (χ0v) is 15.3. The smallest absolute Gasteiger partial charge is 0.324 e. The Bertz CT molecular complexity index is 860. The van der Waals surface area contributed by atoms with Gasteiger partial charge in [0.1, 0.15) is 12.6 Å². The monoisotopic (exact) mass is 363 g/mol. The van der Waals surface area contributed by atoms with E-state index in [-0.39, 0.29) is 12.0 Å². The van der Waals surface area contributed by atoms with Crippen molar-refractivity contribution in [1.82, 2.24) is 4.90 Å². The Morgan fingerprint density at radius 1 is 1.00 bits per heavy atom. The fraction of sp³-hybridized carbons (Fsp3) is 0.227. The molecule has 1 atom stereocenters. The minimum atomic E-state index is -0.231. The van der Waals surface area contributed by atoms with Gasteiger partial charge in [-0.25, -0.2) is 0 Å². The van der Waals surface area contributed by atoms with Crippen LogP contribution in [0.2, 0.25) is 0 Å². The number of esters is 1. The van der Waals surface area contributed by atoms with Crippen LogP contribution in [-0.4, -0.2) is 16.9 Å². The molecule has 0 aliphatic carbocycles. The zero-order valence-electron chi connectivity index (χ0n) is 14.5. The fourth-order valence-electron chi connectivity index (χ4n) is 3.36. The second kappa shape index (κ2) is 7.85. The van der Waals surface area contributed by atoms with Gasteiger partial charge in [-0.15, -0.1) is 11.3 Å². The van der Waals surface area contributed by atoms with E-state index in [1.807, 2.05) is 48.5 Å². The minimum absolute atomic E-state index is 0.135. The van der Waals surface area contributed by atoms with Crippen LogP contribution in [0.1, 0.15) is 21.6 Å². The number of ether oxygens (including phenoxy) is 1. The van der Waals surface area contributed by atoms with Crippen LogP contribution in [0.4, 0.5) is 0 Å². The van der Waals surface area contributed by atoms with Gasteiger partial charge >= 0.3 is 5.97 Å². The molecule has 1 unspecified atom stereocenters. The van der Waals surface area contributed by atoms with E-state index in [0.29, 0.717) is 6.61 Å². The largest absolute Gasteiger partial charge is 0.460 e. The number of hydrogen-bond acceptors (Lipinski definition) is 4. The summed E-state index contributed by atoms with van der Waals surface area (Å²) in [6.07, 6.45) is 0.730. The quantitative estimate of drug-likeness (QED) is 0.629.